The van der Waals surface area contributed by atoms with E-state index in [1.807, 2.05) is 30.3 Å². The SMILES string of the molecule is COc1cccc2c1[C@H]1CNC(CCCn3c(=O)[nH]c4c(sc5ncccc54)c3=O)C[C@@H]1CO2.Cl. The summed E-state index contributed by atoms with van der Waals surface area (Å²) in [6.45, 7) is 1.97. The van der Waals surface area contributed by atoms with E-state index in [1.54, 1.807) is 13.3 Å². The molecule has 2 aliphatic heterocycles. The molecule has 0 bridgehead atoms. The average molecular weight is 515 g/mol. The Kier molecular flexibility index (Phi) is 6.57. The fourth-order valence-corrected chi connectivity index (χ4v) is 6.55. The van der Waals surface area contributed by atoms with Crippen LogP contribution in [0.25, 0.3) is 20.4 Å². The molecule has 1 unspecified atom stereocenters. The predicted molar refractivity (Wildman–Crippen MR) is 140 cm³/mol. The van der Waals surface area contributed by atoms with E-state index in [9.17, 15) is 9.59 Å². The molecule has 3 atom stereocenters. The molecule has 0 saturated carbocycles. The zero-order chi connectivity index (χ0) is 23.2. The van der Waals surface area contributed by atoms with E-state index in [-0.39, 0.29) is 23.7 Å². The van der Waals surface area contributed by atoms with Gasteiger partial charge in [-0.25, -0.2) is 9.78 Å². The van der Waals surface area contributed by atoms with Gasteiger partial charge in [-0.3, -0.25) is 9.36 Å². The van der Waals surface area contributed by atoms with E-state index >= 15 is 0 Å². The number of hydrogen-bond acceptors (Lipinski definition) is 7. The molecule has 35 heavy (non-hydrogen) atoms. The Balaban J connectivity index is 0.00000253. The zero-order valence-corrected chi connectivity index (χ0v) is 20.9. The van der Waals surface area contributed by atoms with Crippen LogP contribution in [0.15, 0.2) is 46.1 Å². The third kappa shape index (κ3) is 4.11. The van der Waals surface area contributed by atoms with Gasteiger partial charge in [-0.2, -0.15) is 0 Å². The molecule has 1 saturated heterocycles. The average Bonchev–Trinajstić information content (AvgIpc) is 3.24. The lowest BCUT2D eigenvalue weighted by molar-refractivity contribution is 0.138. The monoisotopic (exact) mass is 514 g/mol. The van der Waals surface area contributed by atoms with Gasteiger partial charge < -0.3 is 19.8 Å². The molecule has 5 heterocycles. The number of fused-ring (bicyclic) bond motifs is 6. The van der Waals surface area contributed by atoms with Crippen molar-refractivity contribution in [3.05, 3.63) is 62.9 Å². The molecule has 184 valence electrons. The number of benzene rings is 1. The smallest absolute Gasteiger partial charge is 0.328 e. The predicted octanol–water partition coefficient (Wildman–Crippen LogP) is 3.66. The number of pyridine rings is 1. The molecule has 1 aromatic carbocycles. The van der Waals surface area contributed by atoms with Crippen molar-refractivity contribution in [2.75, 3.05) is 20.3 Å². The Labute approximate surface area is 211 Å². The van der Waals surface area contributed by atoms with E-state index < -0.39 is 0 Å². The molecular weight excluding hydrogens is 488 g/mol. The highest BCUT2D eigenvalue weighted by Crippen LogP contribution is 2.45. The summed E-state index contributed by atoms with van der Waals surface area (Å²) in [6.07, 6.45) is 4.32. The molecule has 2 N–H and O–H groups in total. The summed E-state index contributed by atoms with van der Waals surface area (Å²) < 4.78 is 13.5. The third-order valence-corrected chi connectivity index (χ3v) is 8.27. The number of hydrogen-bond donors (Lipinski definition) is 2. The van der Waals surface area contributed by atoms with Crippen LogP contribution in [0.2, 0.25) is 0 Å². The highest BCUT2D eigenvalue weighted by Gasteiger charge is 2.38. The minimum Gasteiger partial charge on any atom is -0.496 e. The third-order valence-electron chi connectivity index (χ3n) is 7.17. The lowest BCUT2D eigenvalue weighted by atomic mass is 9.76. The molecule has 3 aromatic heterocycles. The van der Waals surface area contributed by atoms with Crippen LogP contribution in [-0.2, 0) is 6.54 Å². The number of methoxy groups -OCH3 is 1. The van der Waals surface area contributed by atoms with Crippen LogP contribution < -0.4 is 26.0 Å². The van der Waals surface area contributed by atoms with Crippen LogP contribution in [0.5, 0.6) is 11.5 Å². The van der Waals surface area contributed by atoms with Gasteiger partial charge in [0, 0.05) is 48.1 Å². The normalized spacial score (nSPS) is 21.1. The molecular formula is C25H27ClN4O4S. The van der Waals surface area contributed by atoms with E-state index in [1.165, 1.54) is 15.9 Å². The zero-order valence-electron chi connectivity index (χ0n) is 19.3. The first-order valence-corrected chi connectivity index (χ1v) is 12.5. The van der Waals surface area contributed by atoms with E-state index in [0.717, 1.165) is 53.1 Å². The number of nitrogens with zero attached hydrogens (tertiary/aromatic N) is 2. The first-order valence-electron chi connectivity index (χ1n) is 11.7. The van der Waals surface area contributed by atoms with Gasteiger partial charge in [0.05, 0.1) is 19.2 Å². The Hall–Kier alpha value is -2.88. The second kappa shape index (κ2) is 9.64. The summed E-state index contributed by atoms with van der Waals surface area (Å²) in [5, 5.41) is 4.50. The van der Waals surface area contributed by atoms with E-state index in [4.69, 9.17) is 9.47 Å². The molecule has 6 rings (SSSR count). The second-order valence-corrected chi connectivity index (χ2v) is 10.1. The Bertz CT molecular complexity index is 1480. The highest BCUT2D eigenvalue weighted by atomic mass is 35.5. The van der Waals surface area contributed by atoms with Crippen LogP contribution in [-0.4, -0.2) is 40.8 Å². The van der Waals surface area contributed by atoms with Gasteiger partial charge in [0.1, 0.15) is 21.0 Å². The summed E-state index contributed by atoms with van der Waals surface area (Å²) in [6, 6.07) is 9.99. The number of thiophene rings is 1. The maximum Gasteiger partial charge on any atom is 0.328 e. The second-order valence-electron chi connectivity index (χ2n) is 9.08. The fourth-order valence-electron chi connectivity index (χ4n) is 5.50. The standard InChI is InChI=1S/C25H26N4O4S.ClH/c1-32-18-7-2-8-19-20(18)17-12-27-15(11-14(17)13-33-19)5-4-10-29-24(30)22-21(28-25(29)31)16-6-3-9-26-23(16)34-22;/h2-3,6-9,14-15,17,27H,4-5,10-13H2,1H3,(H,28,31);1H/t14-,15?,17+;/m1./s1. The maximum atomic E-state index is 13.0. The molecule has 0 radical (unpaired) electrons. The number of rotatable bonds is 5. The lowest BCUT2D eigenvalue weighted by Gasteiger charge is -2.41. The summed E-state index contributed by atoms with van der Waals surface area (Å²) in [5.74, 6) is 2.60. The van der Waals surface area contributed by atoms with Gasteiger partial charge in [0.15, 0.2) is 0 Å². The maximum absolute atomic E-state index is 13.0. The van der Waals surface area contributed by atoms with Crippen LogP contribution in [0, 0.1) is 5.92 Å². The first-order chi connectivity index (χ1) is 16.6. The van der Waals surface area contributed by atoms with Gasteiger partial charge >= 0.3 is 5.69 Å². The first kappa shape index (κ1) is 23.8. The fraction of sp³-hybridized carbons (Fsp3) is 0.400. The number of ether oxygens (including phenoxy) is 2. The van der Waals surface area contributed by atoms with Crippen molar-refractivity contribution in [1.82, 2.24) is 19.9 Å². The summed E-state index contributed by atoms with van der Waals surface area (Å²) in [4.78, 5) is 33.7. The van der Waals surface area contributed by atoms with Crippen molar-refractivity contribution in [3.8, 4) is 11.5 Å². The molecule has 10 heteroatoms. The lowest BCUT2D eigenvalue weighted by Crippen LogP contribution is -2.46. The molecule has 8 nitrogen and oxygen atoms in total. The minimum absolute atomic E-state index is 0. The Morgan fingerprint density at radius 2 is 2.14 bits per heavy atom. The summed E-state index contributed by atoms with van der Waals surface area (Å²) in [7, 11) is 1.70. The Morgan fingerprint density at radius 3 is 3.00 bits per heavy atom. The van der Waals surface area contributed by atoms with Crippen molar-refractivity contribution in [2.45, 2.75) is 37.8 Å². The summed E-state index contributed by atoms with van der Waals surface area (Å²) >= 11 is 1.33. The van der Waals surface area contributed by atoms with Crippen LogP contribution in [0.3, 0.4) is 0 Å². The van der Waals surface area contributed by atoms with E-state index in [2.05, 4.69) is 15.3 Å². The van der Waals surface area contributed by atoms with Gasteiger partial charge in [-0.05, 0) is 43.5 Å². The van der Waals surface area contributed by atoms with Crippen LogP contribution in [0.1, 0.15) is 30.7 Å². The largest absolute Gasteiger partial charge is 0.496 e. The van der Waals surface area contributed by atoms with Gasteiger partial charge in [0.25, 0.3) is 5.56 Å². The molecule has 4 aromatic rings. The van der Waals surface area contributed by atoms with Gasteiger partial charge in [-0.15, -0.1) is 23.7 Å². The quantitative estimate of drug-likeness (QED) is 0.422. The van der Waals surface area contributed by atoms with Crippen LogP contribution in [0.4, 0.5) is 0 Å². The van der Waals surface area contributed by atoms with Crippen molar-refractivity contribution in [2.24, 2.45) is 5.92 Å². The topological polar surface area (TPSA) is 98.2 Å². The summed E-state index contributed by atoms with van der Waals surface area (Å²) in [5.41, 5.74) is 1.16. The highest BCUT2D eigenvalue weighted by molar-refractivity contribution is 7.25. The molecule has 0 aliphatic carbocycles. The van der Waals surface area contributed by atoms with Crippen molar-refractivity contribution in [3.63, 3.8) is 0 Å². The minimum atomic E-state index is -0.359. The number of nitrogens with one attached hydrogen (secondary N) is 2. The van der Waals surface area contributed by atoms with Gasteiger partial charge in [0.2, 0.25) is 0 Å². The number of H-pyrrole nitrogens is 1. The van der Waals surface area contributed by atoms with Crippen molar-refractivity contribution >= 4 is 44.2 Å². The van der Waals surface area contributed by atoms with Crippen molar-refractivity contribution < 1.29 is 9.47 Å². The number of aromatic amines is 1. The molecule has 0 amide bonds. The number of halogens is 1. The molecule has 1 fully saturated rings. The number of piperidine rings is 1. The number of aromatic nitrogens is 3. The molecule has 2 aliphatic rings. The molecule has 0 spiro atoms. The van der Waals surface area contributed by atoms with E-state index in [0.29, 0.717) is 41.2 Å². The van der Waals surface area contributed by atoms with Gasteiger partial charge in [-0.1, -0.05) is 6.07 Å². The van der Waals surface area contributed by atoms with Crippen LogP contribution >= 0.6 is 23.7 Å². The Morgan fingerprint density at radius 1 is 1.26 bits per heavy atom. The van der Waals surface area contributed by atoms with Crippen molar-refractivity contribution in [1.29, 1.82) is 0 Å².